The summed E-state index contributed by atoms with van der Waals surface area (Å²) in [5.74, 6) is 0.320. The minimum Gasteiger partial charge on any atom is -0.377 e. The van der Waals surface area contributed by atoms with Crippen LogP contribution in [-0.4, -0.2) is 98.8 Å². The summed E-state index contributed by atoms with van der Waals surface area (Å²) in [7, 11) is 0. The van der Waals surface area contributed by atoms with Gasteiger partial charge in [0, 0.05) is 58.8 Å². The Morgan fingerprint density at radius 2 is 1.50 bits per heavy atom. The molecule has 6 nitrogen and oxygen atoms in total. The van der Waals surface area contributed by atoms with Gasteiger partial charge in [0.25, 0.3) is 0 Å². The molecule has 0 unspecified atom stereocenters. The standard InChI is InChI=1S/C18H34N4O2.2ClH/c23-18(22-13-6-19-7-14-22)5-12-21-10-3-17(4-11-21)24-16-15-20-8-1-2-9-20;;/h17,19H,1-16H2;2*1H. The van der Waals surface area contributed by atoms with Crippen LogP contribution in [0.25, 0.3) is 0 Å². The SMILES string of the molecule is Cl.Cl.O=C(CCN1CCC(OCCN2CCCC2)CC1)N1CCNCC1. The molecule has 0 saturated carbocycles. The number of piperidine rings is 1. The van der Waals surface area contributed by atoms with E-state index in [1.54, 1.807) is 0 Å². The highest BCUT2D eigenvalue weighted by atomic mass is 35.5. The van der Waals surface area contributed by atoms with Crippen molar-refractivity contribution >= 4 is 30.7 Å². The molecule has 0 bridgehead atoms. The lowest BCUT2D eigenvalue weighted by Gasteiger charge is -2.33. The lowest BCUT2D eigenvalue weighted by Crippen LogP contribution is -2.47. The Kier molecular flexibility index (Phi) is 12.1. The first kappa shape index (κ1) is 23.9. The fraction of sp³-hybridized carbons (Fsp3) is 0.944. The van der Waals surface area contributed by atoms with Crippen LogP contribution in [0.1, 0.15) is 32.1 Å². The number of carbonyl (C=O) groups is 1. The molecular weight excluding hydrogens is 375 g/mol. The van der Waals surface area contributed by atoms with E-state index in [4.69, 9.17) is 4.74 Å². The second kappa shape index (κ2) is 13.1. The van der Waals surface area contributed by atoms with E-state index in [2.05, 4.69) is 15.1 Å². The van der Waals surface area contributed by atoms with Gasteiger partial charge in [-0.25, -0.2) is 0 Å². The van der Waals surface area contributed by atoms with Crippen molar-refractivity contribution in [3.63, 3.8) is 0 Å². The molecular formula is C18H36Cl2N4O2. The van der Waals surface area contributed by atoms with Crippen molar-refractivity contribution in [2.45, 2.75) is 38.2 Å². The summed E-state index contributed by atoms with van der Waals surface area (Å²) < 4.78 is 6.06. The van der Waals surface area contributed by atoms with Crippen molar-refractivity contribution in [1.29, 1.82) is 0 Å². The molecule has 3 rings (SSSR count). The number of hydrogen-bond acceptors (Lipinski definition) is 5. The molecule has 0 spiro atoms. The van der Waals surface area contributed by atoms with Crippen LogP contribution in [0.3, 0.4) is 0 Å². The minimum atomic E-state index is 0. The molecule has 3 aliphatic heterocycles. The Morgan fingerprint density at radius 1 is 0.885 bits per heavy atom. The molecule has 1 amide bonds. The van der Waals surface area contributed by atoms with E-state index >= 15 is 0 Å². The van der Waals surface area contributed by atoms with Crippen LogP contribution in [0.2, 0.25) is 0 Å². The average molecular weight is 411 g/mol. The molecule has 26 heavy (non-hydrogen) atoms. The van der Waals surface area contributed by atoms with Crippen LogP contribution in [-0.2, 0) is 9.53 Å². The Bertz CT molecular complexity index is 383. The third-order valence-corrected chi connectivity index (χ3v) is 5.61. The first-order valence-corrected chi connectivity index (χ1v) is 9.86. The predicted molar refractivity (Wildman–Crippen MR) is 110 cm³/mol. The van der Waals surface area contributed by atoms with E-state index in [9.17, 15) is 4.79 Å². The van der Waals surface area contributed by atoms with Crippen LogP contribution < -0.4 is 5.32 Å². The number of carbonyl (C=O) groups excluding carboxylic acids is 1. The first-order valence-electron chi connectivity index (χ1n) is 9.86. The van der Waals surface area contributed by atoms with Gasteiger partial charge >= 0.3 is 0 Å². The van der Waals surface area contributed by atoms with Crippen molar-refractivity contribution in [2.75, 3.05) is 72.1 Å². The average Bonchev–Trinajstić information content (AvgIpc) is 3.15. The summed E-state index contributed by atoms with van der Waals surface area (Å²) in [5.41, 5.74) is 0. The molecule has 3 fully saturated rings. The maximum Gasteiger partial charge on any atom is 0.223 e. The van der Waals surface area contributed by atoms with Gasteiger partial charge in [0.1, 0.15) is 0 Å². The molecule has 0 atom stereocenters. The van der Waals surface area contributed by atoms with Gasteiger partial charge in [0.15, 0.2) is 0 Å². The second-order valence-corrected chi connectivity index (χ2v) is 7.34. The normalized spacial score (nSPS) is 22.7. The smallest absolute Gasteiger partial charge is 0.223 e. The lowest BCUT2D eigenvalue weighted by molar-refractivity contribution is -0.132. The van der Waals surface area contributed by atoms with Crippen molar-refractivity contribution in [2.24, 2.45) is 0 Å². The van der Waals surface area contributed by atoms with Crippen LogP contribution in [0, 0.1) is 0 Å². The molecule has 0 aromatic heterocycles. The maximum atomic E-state index is 12.2. The van der Waals surface area contributed by atoms with Crippen molar-refractivity contribution < 1.29 is 9.53 Å². The molecule has 8 heteroatoms. The Morgan fingerprint density at radius 3 is 2.15 bits per heavy atom. The molecule has 0 radical (unpaired) electrons. The van der Waals surface area contributed by atoms with E-state index in [-0.39, 0.29) is 24.8 Å². The maximum absolute atomic E-state index is 12.2. The molecule has 3 heterocycles. The number of rotatable bonds is 7. The number of amides is 1. The van der Waals surface area contributed by atoms with Gasteiger partial charge in [0.05, 0.1) is 12.7 Å². The van der Waals surface area contributed by atoms with E-state index < -0.39 is 0 Å². The van der Waals surface area contributed by atoms with Gasteiger partial charge < -0.3 is 24.8 Å². The molecule has 1 N–H and O–H groups in total. The molecule has 0 aliphatic carbocycles. The zero-order valence-corrected chi connectivity index (χ0v) is 17.5. The third kappa shape index (κ3) is 7.87. The van der Waals surface area contributed by atoms with E-state index in [1.807, 2.05) is 4.90 Å². The molecule has 0 aromatic carbocycles. The van der Waals surface area contributed by atoms with Crippen molar-refractivity contribution in [1.82, 2.24) is 20.0 Å². The van der Waals surface area contributed by atoms with Crippen LogP contribution in [0.15, 0.2) is 0 Å². The summed E-state index contributed by atoms with van der Waals surface area (Å²) in [5, 5.41) is 3.29. The lowest BCUT2D eigenvalue weighted by atomic mass is 10.1. The van der Waals surface area contributed by atoms with E-state index in [0.717, 1.165) is 71.8 Å². The van der Waals surface area contributed by atoms with Gasteiger partial charge in [0.2, 0.25) is 5.91 Å². The highest BCUT2D eigenvalue weighted by Crippen LogP contribution is 2.15. The predicted octanol–water partition coefficient (Wildman–Crippen LogP) is 1.23. The number of piperazine rings is 1. The number of nitrogens with one attached hydrogen (secondary N) is 1. The Hall–Kier alpha value is -0.110. The van der Waals surface area contributed by atoms with Crippen molar-refractivity contribution in [3.05, 3.63) is 0 Å². The Balaban J connectivity index is 0.00000169. The highest BCUT2D eigenvalue weighted by molar-refractivity contribution is 5.85. The monoisotopic (exact) mass is 410 g/mol. The van der Waals surface area contributed by atoms with Crippen molar-refractivity contribution in [3.8, 4) is 0 Å². The number of halogens is 2. The zero-order valence-electron chi connectivity index (χ0n) is 15.9. The fourth-order valence-electron chi connectivity index (χ4n) is 3.98. The quantitative estimate of drug-likeness (QED) is 0.683. The zero-order chi connectivity index (χ0) is 16.6. The summed E-state index contributed by atoms with van der Waals surface area (Å²) in [4.78, 5) is 19.2. The highest BCUT2D eigenvalue weighted by Gasteiger charge is 2.22. The number of nitrogens with zero attached hydrogens (tertiary/aromatic N) is 3. The van der Waals surface area contributed by atoms with Crippen LogP contribution in [0.4, 0.5) is 0 Å². The minimum absolute atomic E-state index is 0. The molecule has 0 aromatic rings. The van der Waals surface area contributed by atoms with E-state index in [1.165, 1.54) is 25.9 Å². The summed E-state index contributed by atoms with van der Waals surface area (Å²) in [6.45, 7) is 11.1. The number of likely N-dealkylation sites (tertiary alicyclic amines) is 2. The van der Waals surface area contributed by atoms with E-state index in [0.29, 0.717) is 18.4 Å². The van der Waals surface area contributed by atoms with Gasteiger partial charge in [-0.15, -0.1) is 24.8 Å². The summed E-state index contributed by atoms with van der Waals surface area (Å²) in [6.07, 6.45) is 6.02. The first-order chi connectivity index (χ1) is 11.8. The molecule has 3 aliphatic rings. The second-order valence-electron chi connectivity index (χ2n) is 7.34. The van der Waals surface area contributed by atoms with Crippen LogP contribution in [0.5, 0.6) is 0 Å². The summed E-state index contributed by atoms with van der Waals surface area (Å²) in [6, 6.07) is 0. The van der Waals surface area contributed by atoms with Gasteiger partial charge in [-0.1, -0.05) is 0 Å². The molecule has 154 valence electrons. The number of ether oxygens (including phenoxy) is 1. The fourth-order valence-corrected chi connectivity index (χ4v) is 3.98. The van der Waals surface area contributed by atoms with Gasteiger partial charge in [-0.3, -0.25) is 4.79 Å². The largest absolute Gasteiger partial charge is 0.377 e. The topological polar surface area (TPSA) is 48.1 Å². The number of hydrogen-bond donors (Lipinski definition) is 1. The van der Waals surface area contributed by atoms with Crippen LogP contribution >= 0.6 is 24.8 Å². The van der Waals surface area contributed by atoms with Gasteiger partial charge in [-0.05, 0) is 38.8 Å². The third-order valence-electron chi connectivity index (χ3n) is 5.61. The Labute approximate surface area is 170 Å². The summed E-state index contributed by atoms with van der Waals surface area (Å²) >= 11 is 0. The molecule has 3 saturated heterocycles. The van der Waals surface area contributed by atoms with Gasteiger partial charge in [-0.2, -0.15) is 0 Å².